The van der Waals surface area contributed by atoms with Crippen LogP contribution in [0.1, 0.15) is 23.6 Å². The van der Waals surface area contributed by atoms with E-state index in [2.05, 4.69) is 17.4 Å². The third-order valence-corrected chi connectivity index (χ3v) is 5.37. The van der Waals surface area contributed by atoms with E-state index in [9.17, 15) is 4.79 Å². The van der Waals surface area contributed by atoms with Crippen LogP contribution in [-0.4, -0.2) is 35.2 Å². The lowest BCUT2D eigenvalue weighted by molar-refractivity contribution is -0.139. The molecule has 1 fully saturated rings. The molecule has 1 aliphatic heterocycles. The average Bonchev–Trinajstić information content (AvgIpc) is 2.45. The summed E-state index contributed by atoms with van der Waals surface area (Å²) in [4.78, 5) is 11.1. The number of aryl methyl sites for hydroxylation is 1. The van der Waals surface area contributed by atoms with E-state index >= 15 is 0 Å². The van der Waals surface area contributed by atoms with Gasteiger partial charge in [-0.05, 0) is 36.1 Å². The number of aliphatic carboxylic acids is 1. The van der Waals surface area contributed by atoms with Gasteiger partial charge in [0.05, 0.1) is 7.11 Å². The molecule has 0 bridgehead atoms. The van der Waals surface area contributed by atoms with Gasteiger partial charge in [-0.3, -0.25) is 10.1 Å². The number of methoxy groups -OCH3 is 1. The van der Waals surface area contributed by atoms with Crippen molar-refractivity contribution in [2.75, 3.05) is 12.9 Å². The summed E-state index contributed by atoms with van der Waals surface area (Å²) in [6, 6.07) is 5.80. The van der Waals surface area contributed by atoms with Crippen molar-refractivity contribution in [2.24, 2.45) is 0 Å². The molecule has 1 aromatic rings. The number of carboxylic acid groups (broad SMARTS) is 1. The largest absolute Gasteiger partial charge is 0.497 e. The molecule has 3 rings (SSSR count). The Morgan fingerprint density at radius 3 is 3.11 bits per heavy atom. The van der Waals surface area contributed by atoms with Crippen LogP contribution >= 0.6 is 11.8 Å². The molecule has 1 saturated heterocycles. The second kappa shape index (κ2) is 5.06. The first-order chi connectivity index (χ1) is 9.19. The van der Waals surface area contributed by atoms with Crippen LogP contribution in [0.25, 0.3) is 0 Å². The van der Waals surface area contributed by atoms with Gasteiger partial charge in [0, 0.05) is 17.0 Å². The standard InChI is InChI=1S/C14H17NO3S/c1-18-9-3-4-10-8(6-9)2-5-12-13(10)15-11(7-19-12)14(16)17/h3-4,6,11-13,15H,2,5,7H2,1H3,(H,16,17). The summed E-state index contributed by atoms with van der Waals surface area (Å²) in [5.41, 5.74) is 2.51. The van der Waals surface area contributed by atoms with Crippen molar-refractivity contribution < 1.29 is 14.6 Å². The molecule has 3 unspecified atom stereocenters. The van der Waals surface area contributed by atoms with Crippen molar-refractivity contribution in [1.82, 2.24) is 5.32 Å². The number of benzene rings is 1. The Morgan fingerprint density at radius 1 is 1.53 bits per heavy atom. The number of carbonyl (C=O) groups is 1. The highest BCUT2D eigenvalue weighted by Gasteiger charge is 2.37. The third kappa shape index (κ3) is 2.32. The van der Waals surface area contributed by atoms with Crippen molar-refractivity contribution in [1.29, 1.82) is 0 Å². The highest BCUT2D eigenvalue weighted by atomic mass is 32.2. The lowest BCUT2D eigenvalue weighted by atomic mass is 9.86. The zero-order valence-electron chi connectivity index (χ0n) is 10.8. The van der Waals surface area contributed by atoms with Gasteiger partial charge < -0.3 is 9.84 Å². The minimum atomic E-state index is -0.758. The van der Waals surface area contributed by atoms with Crippen molar-refractivity contribution in [2.45, 2.75) is 30.2 Å². The molecule has 0 aromatic heterocycles. The van der Waals surface area contributed by atoms with Crippen LogP contribution in [0.4, 0.5) is 0 Å². The third-order valence-electron chi connectivity index (χ3n) is 3.91. The molecule has 3 atom stereocenters. The number of rotatable bonds is 2. The maximum Gasteiger partial charge on any atom is 0.321 e. The number of carboxylic acids is 1. The molecule has 102 valence electrons. The molecule has 1 aliphatic carbocycles. The molecule has 1 aromatic carbocycles. The van der Waals surface area contributed by atoms with Crippen LogP contribution in [0, 0.1) is 0 Å². The van der Waals surface area contributed by atoms with Gasteiger partial charge in [0.15, 0.2) is 0 Å². The zero-order valence-corrected chi connectivity index (χ0v) is 11.6. The van der Waals surface area contributed by atoms with Crippen molar-refractivity contribution >= 4 is 17.7 Å². The Labute approximate surface area is 116 Å². The lowest BCUT2D eigenvalue weighted by Crippen LogP contribution is -2.50. The van der Waals surface area contributed by atoms with Gasteiger partial charge in [-0.15, -0.1) is 0 Å². The second-order valence-corrected chi connectivity index (χ2v) is 6.28. The molecule has 2 aliphatic rings. The molecule has 0 amide bonds. The first-order valence-corrected chi connectivity index (χ1v) is 7.51. The maximum atomic E-state index is 11.1. The Balaban J connectivity index is 1.90. The van der Waals surface area contributed by atoms with Gasteiger partial charge in [-0.2, -0.15) is 11.8 Å². The molecule has 0 saturated carbocycles. The Hall–Kier alpha value is -1.20. The normalized spacial score (nSPS) is 29.2. The summed E-state index contributed by atoms with van der Waals surface area (Å²) in [7, 11) is 1.67. The summed E-state index contributed by atoms with van der Waals surface area (Å²) in [6.07, 6.45) is 2.13. The van der Waals surface area contributed by atoms with Gasteiger partial charge in [0.25, 0.3) is 0 Å². The first-order valence-electron chi connectivity index (χ1n) is 6.46. The van der Waals surface area contributed by atoms with E-state index in [0.29, 0.717) is 11.0 Å². The van der Waals surface area contributed by atoms with Crippen LogP contribution in [0.15, 0.2) is 18.2 Å². The highest BCUT2D eigenvalue weighted by molar-refractivity contribution is 8.00. The van der Waals surface area contributed by atoms with E-state index < -0.39 is 12.0 Å². The van der Waals surface area contributed by atoms with E-state index in [0.717, 1.165) is 18.6 Å². The van der Waals surface area contributed by atoms with E-state index in [4.69, 9.17) is 9.84 Å². The number of hydrogen-bond acceptors (Lipinski definition) is 4. The molecule has 1 heterocycles. The molecular formula is C14H17NO3S. The number of nitrogens with one attached hydrogen (secondary N) is 1. The van der Waals surface area contributed by atoms with Crippen LogP contribution in [-0.2, 0) is 11.2 Å². The van der Waals surface area contributed by atoms with Crippen LogP contribution in [0.5, 0.6) is 5.75 Å². The van der Waals surface area contributed by atoms with Gasteiger partial charge in [0.2, 0.25) is 0 Å². The lowest BCUT2D eigenvalue weighted by Gasteiger charge is -2.40. The van der Waals surface area contributed by atoms with Gasteiger partial charge >= 0.3 is 5.97 Å². The molecule has 5 heteroatoms. The highest BCUT2D eigenvalue weighted by Crippen LogP contribution is 2.41. The molecule has 19 heavy (non-hydrogen) atoms. The Kier molecular flexibility index (Phi) is 3.41. The second-order valence-electron chi connectivity index (χ2n) is 5.01. The fourth-order valence-electron chi connectivity index (χ4n) is 2.90. The van der Waals surface area contributed by atoms with E-state index in [-0.39, 0.29) is 6.04 Å². The predicted octanol–water partition coefficient (Wildman–Crippen LogP) is 1.84. The van der Waals surface area contributed by atoms with E-state index in [1.54, 1.807) is 18.9 Å². The maximum absolute atomic E-state index is 11.1. The zero-order chi connectivity index (χ0) is 13.4. The summed E-state index contributed by atoms with van der Waals surface area (Å²) in [6.45, 7) is 0. The van der Waals surface area contributed by atoms with Crippen LogP contribution in [0.2, 0.25) is 0 Å². The Bertz CT molecular complexity index is 505. The summed E-state index contributed by atoms with van der Waals surface area (Å²) < 4.78 is 5.26. The summed E-state index contributed by atoms with van der Waals surface area (Å²) in [5.74, 6) is 0.768. The van der Waals surface area contributed by atoms with Crippen LogP contribution < -0.4 is 10.1 Å². The van der Waals surface area contributed by atoms with Gasteiger partial charge in [-0.1, -0.05) is 6.07 Å². The predicted molar refractivity (Wildman–Crippen MR) is 74.9 cm³/mol. The minimum absolute atomic E-state index is 0.148. The van der Waals surface area contributed by atoms with Crippen molar-refractivity contribution in [3.8, 4) is 5.75 Å². The first kappa shape index (κ1) is 12.8. The minimum Gasteiger partial charge on any atom is -0.497 e. The summed E-state index contributed by atoms with van der Waals surface area (Å²) >= 11 is 1.78. The quantitative estimate of drug-likeness (QED) is 0.865. The molecule has 4 nitrogen and oxygen atoms in total. The van der Waals surface area contributed by atoms with Crippen LogP contribution in [0.3, 0.4) is 0 Å². The SMILES string of the molecule is COc1ccc2c(c1)CCC1SCC(C(=O)O)NC21. The molecule has 0 radical (unpaired) electrons. The van der Waals surface area contributed by atoms with Crippen molar-refractivity contribution in [3.05, 3.63) is 29.3 Å². The molecule has 0 spiro atoms. The van der Waals surface area contributed by atoms with Gasteiger partial charge in [-0.25, -0.2) is 0 Å². The fraction of sp³-hybridized carbons (Fsp3) is 0.500. The summed E-state index contributed by atoms with van der Waals surface area (Å²) in [5, 5.41) is 12.9. The monoisotopic (exact) mass is 279 g/mol. The smallest absolute Gasteiger partial charge is 0.321 e. The number of hydrogen-bond donors (Lipinski definition) is 2. The number of ether oxygens (including phenoxy) is 1. The number of fused-ring (bicyclic) bond motifs is 3. The topological polar surface area (TPSA) is 58.6 Å². The van der Waals surface area contributed by atoms with E-state index in [1.165, 1.54) is 11.1 Å². The van der Waals surface area contributed by atoms with E-state index in [1.807, 2.05) is 6.07 Å². The fourth-order valence-corrected chi connectivity index (χ4v) is 4.28. The average molecular weight is 279 g/mol. The molecule has 2 N–H and O–H groups in total. The Morgan fingerprint density at radius 2 is 2.37 bits per heavy atom. The van der Waals surface area contributed by atoms with Crippen molar-refractivity contribution in [3.63, 3.8) is 0 Å². The van der Waals surface area contributed by atoms with Gasteiger partial charge in [0.1, 0.15) is 11.8 Å². The molecular weight excluding hydrogens is 262 g/mol. The number of thioether (sulfide) groups is 1.